The van der Waals surface area contributed by atoms with Gasteiger partial charge in [0.05, 0.1) is 6.04 Å². The maximum Gasteiger partial charge on any atom is 1.00 e. The van der Waals surface area contributed by atoms with E-state index in [1.807, 2.05) is 6.92 Å². The van der Waals surface area contributed by atoms with Crippen LogP contribution in [0.15, 0.2) is 24.3 Å². The van der Waals surface area contributed by atoms with E-state index in [2.05, 4.69) is 5.32 Å². The molecule has 0 aliphatic rings. The Morgan fingerprint density at radius 2 is 1.77 bits per heavy atom. The van der Waals surface area contributed by atoms with Crippen LogP contribution in [-0.2, 0) is 19.1 Å². The topological polar surface area (TPSA) is 105 Å². The molecule has 138 valence electrons. The second-order valence-corrected chi connectivity index (χ2v) is 5.83. The van der Waals surface area contributed by atoms with Crippen LogP contribution in [0.4, 0.5) is 4.79 Å². The number of alkyl carbamates (subject to hydrolysis) is 1. The van der Waals surface area contributed by atoms with Gasteiger partial charge in [0.15, 0.2) is 0 Å². The molecule has 9 heteroatoms. The Balaban J connectivity index is 0.00000625. The largest absolute Gasteiger partial charge is 1.00 e. The summed E-state index contributed by atoms with van der Waals surface area (Å²) in [5.74, 6) is -1.78. The van der Waals surface area contributed by atoms with Crippen molar-refractivity contribution in [3.8, 4) is 0 Å². The van der Waals surface area contributed by atoms with E-state index < -0.39 is 30.4 Å². The van der Waals surface area contributed by atoms with Gasteiger partial charge < -0.3 is 24.7 Å². The van der Waals surface area contributed by atoms with Gasteiger partial charge in [0, 0.05) is 24.3 Å². The molecule has 2 unspecified atom stereocenters. The van der Waals surface area contributed by atoms with E-state index >= 15 is 0 Å². The Morgan fingerprint density at radius 1 is 1.15 bits per heavy atom. The molecule has 0 aliphatic carbocycles. The monoisotopic (exact) mass is 393 g/mol. The molecule has 1 aromatic rings. The van der Waals surface area contributed by atoms with Gasteiger partial charge in [-0.25, -0.2) is 4.79 Å². The molecule has 2 atom stereocenters. The molecule has 0 aromatic heterocycles. The van der Waals surface area contributed by atoms with Gasteiger partial charge in [0.25, 0.3) is 0 Å². The number of carboxylic acid groups (broad SMARTS) is 1. The second kappa shape index (κ2) is 13.0. The maximum atomic E-state index is 12.1. The molecule has 0 heterocycles. The van der Waals surface area contributed by atoms with Crippen molar-refractivity contribution >= 4 is 29.6 Å². The number of hydrogen-bond donors (Lipinski definition) is 1. The fraction of sp³-hybridized carbons (Fsp3) is 0.471. The Morgan fingerprint density at radius 3 is 2.27 bits per heavy atom. The van der Waals surface area contributed by atoms with Gasteiger partial charge in [-0.3, -0.25) is 4.79 Å². The van der Waals surface area contributed by atoms with Crippen molar-refractivity contribution in [2.45, 2.75) is 51.9 Å². The van der Waals surface area contributed by atoms with E-state index in [1.54, 1.807) is 24.3 Å². The number of carbonyl (C=O) groups is 3. The normalized spacial score (nSPS) is 12.3. The molecular weight excluding hydrogens is 373 g/mol. The van der Waals surface area contributed by atoms with Crippen molar-refractivity contribution in [2.75, 3.05) is 0 Å². The summed E-state index contributed by atoms with van der Waals surface area (Å²) >= 11 is 5.84. The summed E-state index contributed by atoms with van der Waals surface area (Å²) in [6.45, 7) is 3.08. The van der Waals surface area contributed by atoms with Gasteiger partial charge >= 0.3 is 41.6 Å². The van der Waals surface area contributed by atoms with Gasteiger partial charge in [-0.2, -0.15) is 0 Å². The first kappa shape index (κ1) is 24.7. The minimum absolute atomic E-state index is 0. The summed E-state index contributed by atoms with van der Waals surface area (Å²) in [6.07, 6.45) is -0.915. The SMILES string of the molecule is CCCC(OC(C)=O)OC(=O)NC(CCC(=O)[O-])c1ccc(Cl)cc1.[Na+]. The van der Waals surface area contributed by atoms with Gasteiger partial charge in [-0.15, -0.1) is 0 Å². The Kier molecular flexibility index (Phi) is 12.3. The number of ether oxygens (including phenoxy) is 2. The van der Waals surface area contributed by atoms with Crippen molar-refractivity contribution in [1.29, 1.82) is 0 Å². The summed E-state index contributed by atoms with van der Waals surface area (Å²) in [5.41, 5.74) is 0.669. The fourth-order valence-electron chi connectivity index (χ4n) is 2.14. The number of carboxylic acids is 1. The number of hydrogen-bond acceptors (Lipinski definition) is 6. The summed E-state index contributed by atoms with van der Waals surface area (Å²) < 4.78 is 10.0. The number of rotatable bonds is 9. The molecule has 0 spiro atoms. The molecule has 0 saturated carbocycles. The zero-order chi connectivity index (χ0) is 18.8. The predicted molar refractivity (Wildman–Crippen MR) is 88.5 cm³/mol. The van der Waals surface area contributed by atoms with Crippen LogP contribution in [0, 0.1) is 0 Å². The van der Waals surface area contributed by atoms with E-state index in [0.717, 1.165) is 0 Å². The van der Waals surface area contributed by atoms with Crippen LogP contribution >= 0.6 is 11.6 Å². The van der Waals surface area contributed by atoms with Crippen molar-refractivity contribution in [2.24, 2.45) is 0 Å². The second-order valence-electron chi connectivity index (χ2n) is 5.39. The fourth-order valence-corrected chi connectivity index (χ4v) is 2.26. The minimum Gasteiger partial charge on any atom is -0.550 e. The number of benzene rings is 1. The Labute approximate surface area is 179 Å². The summed E-state index contributed by atoms with van der Waals surface area (Å²) in [5, 5.41) is 13.8. The quantitative estimate of drug-likeness (QED) is 0.339. The van der Waals surface area contributed by atoms with Crippen LogP contribution in [-0.4, -0.2) is 24.3 Å². The zero-order valence-corrected chi connectivity index (χ0v) is 17.9. The average molecular weight is 394 g/mol. The molecule has 0 bridgehead atoms. The smallest absolute Gasteiger partial charge is 0.550 e. The van der Waals surface area contributed by atoms with Crippen molar-refractivity contribution in [3.05, 3.63) is 34.9 Å². The molecule has 1 rings (SSSR count). The molecular formula is C17H21ClNNaO6. The molecule has 1 N–H and O–H groups in total. The number of esters is 1. The minimum atomic E-state index is -1.22. The van der Waals surface area contributed by atoms with Crippen LogP contribution in [0.3, 0.4) is 0 Å². The van der Waals surface area contributed by atoms with Gasteiger partial charge in [0.1, 0.15) is 0 Å². The van der Waals surface area contributed by atoms with Gasteiger partial charge in [-0.05, 0) is 37.0 Å². The third kappa shape index (κ3) is 10.0. The number of amides is 1. The van der Waals surface area contributed by atoms with Crippen molar-refractivity contribution < 1.29 is 58.5 Å². The van der Waals surface area contributed by atoms with Gasteiger partial charge in [-0.1, -0.05) is 30.7 Å². The van der Waals surface area contributed by atoms with Gasteiger partial charge in [0.2, 0.25) is 6.29 Å². The van der Waals surface area contributed by atoms with E-state index in [-0.39, 0.29) is 42.4 Å². The predicted octanol–water partition coefficient (Wildman–Crippen LogP) is -0.669. The number of carbonyl (C=O) groups excluding carboxylic acids is 3. The van der Waals surface area contributed by atoms with Crippen LogP contribution < -0.4 is 40.0 Å². The van der Waals surface area contributed by atoms with Crippen molar-refractivity contribution in [3.63, 3.8) is 0 Å². The average Bonchev–Trinajstić information content (AvgIpc) is 2.51. The van der Waals surface area contributed by atoms with E-state index in [0.29, 0.717) is 23.4 Å². The molecule has 7 nitrogen and oxygen atoms in total. The van der Waals surface area contributed by atoms with E-state index in [1.165, 1.54) is 6.92 Å². The molecule has 26 heavy (non-hydrogen) atoms. The van der Waals surface area contributed by atoms with Crippen LogP contribution in [0.25, 0.3) is 0 Å². The molecule has 0 saturated heterocycles. The number of nitrogens with one attached hydrogen (secondary N) is 1. The summed E-state index contributed by atoms with van der Waals surface area (Å²) in [4.78, 5) is 33.9. The third-order valence-electron chi connectivity index (χ3n) is 3.26. The zero-order valence-electron chi connectivity index (χ0n) is 15.1. The molecule has 1 amide bonds. The summed E-state index contributed by atoms with van der Waals surface area (Å²) in [6, 6.07) is 6.02. The first-order valence-corrected chi connectivity index (χ1v) is 8.29. The standard InChI is InChI=1S/C17H22ClNO6.Na/c1-3-4-16(24-11(2)20)25-17(23)19-14(9-10-15(21)22)12-5-7-13(18)8-6-12;/h5-8,14,16H,3-4,9-10H2,1-2H3,(H,19,23)(H,21,22);/q;+1/p-1. The number of aliphatic carboxylic acids is 1. The molecule has 0 radical (unpaired) electrons. The maximum absolute atomic E-state index is 12.1. The van der Waals surface area contributed by atoms with E-state index in [4.69, 9.17) is 21.1 Å². The van der Waals surface area contributed by atoms with Crippen LogP contribution in [0.5, 0.6) is 0 Å². The first-order chi connectivity index (χ1) is 11.8. The van der Waals surface area contributed by atoms with E-state index in [9.17, 15) is 19.5 Å². The molecule has 0 aliphatic heterocycles. The Bertz CT molecular complexity index is 595. The van der Waals surface area contributed by atoms with Crippen LogP contribution in [0.2, 0.25) is 5.02 Å². The third-order valence-corrected chi connectivity index (χ3v) is 3.51. The number of halogens is 1. The molecule has 0 fully saturated rings. The first-order valence-electron chi connectivity index (χ1n) is 7.91. The van der Waals surface area contributed by atoms with Crippen molar-refractivity contribution in [1.82, 2.24) is 5.32 Å². The van der Waals surface area contributed by atoms with Crippen LogP contribution in [0.1, 0.15) is 51.1 Å². The molecule has 1 aromatic carbocycles. The Hall–Kier alpha value is -1.28. The summed E-state index contributed by atoms with van der Waals surface area (Å²) in [7, 11) is 0.